The van der Waals surface area contributed by atoms with Crippen molar-refractivity contribution in [1.82, 2.24) is 0 Å². The van der Waals surface area contributed by atoms with Gasteiger partial charge in [0.1, 0.15) is 11.5 Å². The molecule has 1 atom stereocenters. The summed E-state index contributed by atoms with van der Waals surface area (Å²) in [5.41, 5.74) is 0.400. The number of hydrogen-bond acceptors (Lipinski definition) is 5. The molecule has 0 N–H and O–H groups in total. The second-order valence-corrected chi connectivity index (χ2v) is 9.85. The summed E-state index contributed by atoms with van der Waals surface area (Å²) in [6, 6.07) is 9.58. The maximum Gasteiger partial charge on any atom is 0.421 e. The molecule has 2 amide bonds. The number of fused-ring (bicyclic) bond motifs is 1. The molecule has 2 aromatic carbocycles. The molecule has 0 bridgehead atoms. The lowest BCUT2D eigenvalue weighted by molar-refractivity contribution is -0.137. The normalized spacial score (nSPS) is 16.4. The van der Waals surface area contributed by atoms with Crippen LogP contribution in [0.25, 0.3) is 11.1 Å². The number of halogens is 3. The van der Waals surface area contributed by atoms with E-state index in [2.05, 4.69) is 0 Å². The Morgan fingerprint density at radius 1 is 1.06 bits per heavy atom. The zero-order valence-electron chi connectivity index (χ0n) is 18.7. The van der Waals surface area contributed by atoms with Gasteiger partial charge in [0.25, 0.3) is 0 Å². The number of hydrogen-bond donors (Lipinski definition) is 0. The number of carbonyl (C=O) groups is 3. The standard InChI is InChI=1S/C24H24F3NO4S/c1-5-33-21(30)18-13-16-12-15(14-6-9-17(10-7-14)24(25,26)27)8-11-19(16)28(20(18)29)22(31)32-23(2,3)4/h6-12,18H,5,13H2,1-4H3. The van der Waals surface area contributed by atoms with Crippen LogP contribution in [0.3, 0.4) is 0 Å². The predicted octanol–water partition coefficient (Wildman–Crippen LogP) is 6.09. The summed E-state index contributed by atoms with van der Waals surface area (Å²) in [5, 5.41) is -0.346. The molecule has 1 heterocycles. The van der Waals surface area contributed by atoms with Crippen LogP contribution in [-0.4, -0.2) is 28.5 Å². The Morgan fingerprint density at radius 2 is 1.67 bits per heavy atom. The van der Waals surface area contributed by atoms with Crippen LogP contribution in [0.5, 0.6) is 0 Å². The molecule has 0 radical (unpaired) electrons. The molecular weight excluding hydrogens is 455 g/mol. The predicted molar refractivity (Wildman–Crippen MR) is 121 cm³/mol. The molecule has 2 aromatic rings. The van der Waals surface area contributed by atoms with E-state index in [1.165, 1.54) is 12.1 Å². The molecule has 0 saturated heterocycles. The molecule has 33 heavy (non-hydrogen) atoms. The van der Waals surface area contributed by atoms with Gasteiger partial charge in [0.15, 0.2) is 0 Å². The highest BCUT2D eigenvalue weighted by Gasteiger charge is 2.42. The minimum atomic E-state index is -4.44. The molecular formula is C24H24F3NO4S. The van der Waals surface area contributed by atoms with E-state index in [9.17, 15) is 27.6 Å². The van der Waals surface area contributed by atoms with Crippen molar-refractivity contribution in [2.24, 2.45) is 5.92 Å². The van der Waals surface area contributed by atoms with Crippen LogP contribution in [0.1, 0.15) is 38.8 Å². The first-order valence-electron chi connectivity index (χ1n) is 10.4. The number of imide groups is 1. The molecule has 1 unspecified atom stereocenters. The van der Waals surface area contributed by atoms with Crippen molar-refractivity contribution in [3.8, 4) is 11.1 Å². The van der Waals surface area contributed by atoms with Gasteiger partial charge in [-0.1, -0.05) is 36.9 Å². The lowest BCUT2D eigenvalue weighted by Gasteiger charge is -2.33. The summed E-state index contributed by atoms with van der Waals surface area (Å²) in [6.45, 7) is 6.80. The third-order valence-corrected chi connectivity index (χ3v) is 5.81. The van der Waals surface area contributed by atoms with Gasteiger partial charge in [0, 0.05) is 0 Å². The van der Waals surface area contributed by atoms with E-state index < -0.39 is 35.3 Å². The molecule has 0 spiro atoms. The highest BCUT2D eigenvalue weighted by Crippen LogP contribution is 2.37. The SMILES string of the molecule is CCSC(=O)C1Cc2cc(-c3ccc(C(F)(F)F)cc3)ccc2N(C(=O)OC(C)(C)C)C1=O. The van der Waals surface area contributed by atoms with Crippen molar-refractivity contribution in [3.05, 3.63) is 53.6 Å². The van der Waals surface area contributed by atoms with Crippen LogP contribution in [0.2, 0.25) is 0 Å². The van der Waals surface area contributed by atoms with Crippen molar-refractivity contribution in [1.29, 1.82) is 0 Å². The maximum atomic E-state index is 13.1. The molecule has 1 aliphatic heterocycles. The average Bonchev–Trinajstić information content (AvgIpc) is 2.71. The van der Waals surface area contributed by atoms with Crippen LogP contribution in [0.15, 0.2) is 42.5 Å². The quantitative estimate of drug-likeness (QED) is 0.499. The molecule has 5 nitrogen and oxygen atoms in total. The van der Waals surface area contributed by atoms with E-state index >= 15 is 0 Å². The molecule has 1 aliphatic rings. The van der Waals surface area contributed by atoms with Crippen molar-refractivity contribution in [3.63, 3.8) is 0 Å². The number of anilines is 1. The van der Waals surface area contributed by atoms with Gasteiger partial charge in [-0.05, 0) is 73.9 Å². The third-order valence-electron chi connectivity index (χ3n) is 4.96. The largest absolute Gasteiger partial charge is 0.443 e. The fourth-order valence-corrected chi connectivity index (χ4v) is 4.17. The number of thioether (sulfide) groups is 1. The molecule has 0 fully saturated rings. The summed E-state index contributed by atoms with van der Waals surface area (Å²) < 4.78 is 44.1. The van der Waals surface area contributed by atoms with Gasteiger partial charge >= 0.3 is 12.3 Å². The minimum absolute atomic E-state index is 0.0910. The number of ether oxygens (including phenoxy) is 1. The Labute approximate surface area is 194 Å². The highest BCUT2D eigenvalue weighted by molar-refractivity contribution is 8.13. The topological polar surface area (TPSA) is 63.7 Å². The number of amides is 2. The summed E-state index contributed by atoms with van der Waals surface area (Å²) >= 11 is 1.00. The first kappa shape index (κ1) is 24.8. The van der Waals surface area contributed by atoms with E-state index in [0.29, 0.717) is 28.1 Å². The van der Waals surface area contributed by atoms with Crippen LogP contribution >= 0.6 is 11.8 Å². The Hall–Kier alpha value is -2.81. The van der Waals surface area contributed by atoms with Crippen LogP contribution < -0.4 is 4.90 Å². The monoisotopic (exact) mass is 479 g/mol. The molecule has 3 rings (SSSR count). The van der Waals surface area contributed by atoms with E-state index in [1.54, 1.807) is 45.9 Å². The second kappa shape index (κ2) is 9.21. The fourth-order valence-electron chi connectivity index (χ4n) is 3.50. The molecule has 176 valence electrons. The second-order valence-electron chi connectivity index (χ2n) is 8.58. The maximum absolute atomic E-state index is 13.1. The van der Waals surface area contributed by atoms with E-state index in [1.807, 2.05) is 0 Å². The first-order valence-corrected chi connectivity index (χ1v) is 11.3. The zero-order chi connectivity index (χ0) is 24.6. The van der Waals surface area contributed by atoms with Gasteiger partial charge in [0.05, 0.1) is 11.3 Å². The summed E-state index contributed by atoms with van der Waals surface area (Å²) in [5.74, 6) is -1.23. The lowest BCUT2D eigenvalue weighted by Crippen LogP contribution is -2.49. The van der Waals surface area contributed by atoms with Crippen molar-refractivity contribution < 1.29 is 32.3 Å². The Bertz CT molecular complexity index is 1070. The van der Waals surface area contributed by atoms with Gasteiger partial charge in [-0.15, -0.1) is 0 Å². The highest BCUT2D eigenvalue weighted by atomic mass is 32.2. The van der Waals surface area contributed by atoms with Gasteiger partial charge in [-0.3, -0.25) is 9.59 Å². The zero-order valence-corrected chi connectivity index (χ0v) is 19.5. The number of nitrogens with zero attached hydrogens (tertiary/aromatic N) is 1. The van der Waals surface area contributed by atoms with Crippen LogP contribution in [0.4, 0.5) is 23.7 Å². The Kier molecular flexibility index (Phi) is 6.93. The summed E-state index contributed by atoms with van der Waals surface area (Å²) in [7, 11) is 0. The van der Waals surface area contributed by atoms with Crippen LogP contribution in [-0.2, 0) is 26.9 Å². The van der Waals surface area contributed by atoms with Gasteiger partial charge in [0.2, 0.25) is 11.0 Å². The minimum Gasteiger partial charge on any atom is -0.443 e. The van der Waals surface area contributed by atoms with Gasteiger partial charge in [-0.25, -0.2) is 9.69 Å². The van der Waals surface area contributed by atoms with E-state index in [-0.39, 0.29) is 11.5 Å². The van der Waals surface area contributed by atoms with E-state index in [0.717, 1.165) is 28.8 Å². The van der Waals surface area contributed by atoms with Gasteiger partial charge < -0.3 is 4.74 Å². The van der Waals surface area contributed by atoms with Crippen molar-refractivity contribution in [2.75, 3.05) is 10.7 Å². The van der Waals surface area contributed by atoms with Crippen molar-refractivity contribution in [2.45, 2.75) is 45.9 Å². The summed E-state index contributed by atoms with van der Waals surface area (Å²) in [4.78, 5) is 39.5. The molecule has 0 aromatic heterocycles. The number of alkyl halides is 3. The summed E-state index contributed by atoms with van der Waals surface area (Å²) in [6.07, 6.45) is -5.23. The number of benzene rings is 2. The number of rotatable bonds is 3. The fraction of sp³-hybridized carbons (Fsp3) is 0.375. The smallest absolute Gasteiger partial charge is 0.421 e. The van der Waals surface area contributed by atoms with Crippen molar-refractivity contribution >= 4 is 34.6 Å². The Balaban J connectivity index is 2.03. The molecule has 0 saturated carbocycles. The Morgan fingerprint density at radius 3 is 2.21 bits per heavy atom. The van der Waals surface area contributed by atoms with Gasteiger partial charge in [-0.2, -0.15) is 13.2 Å². The molecule has 0 aliphatic carbocycles. The number of carbonyl (C=O) groups excluding carboxylic acids is 3. The first-order chi connectivity index (χ1) is 15.3. The lowest BCUT2D eigenvalue weighted by atomic mass is 9.90. The average molecular weight is 480 g/mol. The van der Waals surface area contributed by atoms with E-state index in [4.69, 9.17) is 4.74 Å². The third kappa shape index (κ3) is 5.58. The molecule has 9 heteroatoms. The van der Waals surface area contributed by atoms with Crippen LogP contribution in [0, 0.1) is 5.92 Å².